The van der Waals surface area contributed by atoms with Crippen molar-refractivity contribution in [2.75, 3.05) is 10.7 Å². The molecular formula is C21H14ClF2N3OS2. The van der Waals surface area contributed by atoms with Gasteiger partial charge in [0.15, 0.2) is 10.9 Å². The molecule has 2 heterocycles. The summed E-state index contributed by atoms with van der Waals surface area (Å²) in [5, 5.41) is 0.924. The molecular weight excluding hydrogens is 448 g/mol. The van der Waals surface area contributed by atoms with Crippen LogP contribution in [-0.4, -0.2) is 21.6 Å². The zero-order valence-corrected chi connectivity index (χ0v) is 17.8. The number of benzene rings is 2. The van der Waals surface area contributed by atoms with E-state index in [1.165, 1.54) is 22.7 Å². The van der Waals surface area contributed by atoms with E-state index >= 15 is 0 Å². The number of amides is 1. The van der Waals surface area contributed by atoms with Gasteiger partial charge in [-0.1, -0.05) is 29.0 Å². The normalized spacial score (nSPS) is 11.0. The first kappa shape index (κ1) is 20.7. The Bertz CT molecular complexity index is 1190. The fraction of sp³-hybridized carbons (Fsp3) is 0.0952. The molecule has 0 atom stereocenters. The number of thioether (sulfide) groups is 1. The first-order chi connectivity index (χ1) is 14.5. The van der Waals surface area contributed by atoms with Gasteiger partial charge in [0.1, 0.15) is 11.3 Å². The van der Waals surface area contributed by atoms with Gasteiger partial charge in [-0.15, -0.1) is 11.8 Å². The number of fused-ring (bicyclic) bond motifs is 1. The van der Waals surface area contributed by atoms with Crippen LogP contribution in [0, 0.1) is 11.6 Å². The first-order valence-corrected chi connectivity index (χ1v) is 11.0. The second-order valence-electron chi connectivity index (χ2n) is 6.31. The summed E-state index contributed by atoms with van der Waals surface area (Å²) in [5.74, 6) is -1.50. The molecule has 0 saturated carbocycles. The second kappa shape index (κ2) is 9.07. The molecule has 0 bridgehead atoms. The highest BCUT2D eigenvalue weighted by atomic mass is 35.5. The van der Waals surface area contributed by atoms with Crippen LogP contribution in [0.15, 0.2) is 65.8 Å². The minimum atomic E-state index is -0.753. The maximum absolute atomic E-state index is 14.1. The van der Waals surface area contributed by atoms with Gasteiger partial charge in [-0.05, 0) is 42.0 Å². The number of carbonyl (C=O) groups is 1. The smallest absolute Gasteiger partial charge is 0.239 e. The molecule has 152 valence electrons. The highest BCUT2D eigenvalue weighted by Crippen LogP contribution is 2.32. The largest absolute Gasteiger partial charge is 0.283 e. The molecule has 0 aliphatic carbocycles. The SMILES string of the molecule is O=C(CSc1ccc(Cl)cc1)N(Cc1cccnc1)c1nc2c(F)cc(F)cc2s1. The molecule has 1 amide bonds. The number of thiazole rings is 1. The Balaban J connectivity index is 1.63. The summed E-state index contributed by atoms with van der Waals surface area (Å²) in [6, 6.07) is 12.8. The van der Waals surface area contributed by atoms with Gasteiger partial charge in [-0.25, -0.2) is 13.8 Å². The van der Waals surface area contributed by atoms with E-state index in [9.17, 15) is 13.6 Å². The predicted molar refractivity (Wildman–Crippen MR) is 117 cm³/mol. The van der Waals surface area contributed by atoms with Crippen molar-refractivity contribution >= 4 is 56.0 Å². The summed E-state index contributed by atoms with van der Waals surface area (Å²) in [7, 11) is 0. The Morgan fingerprint density at radius 2 is 1.97 bits per heavy atom. The van der Waals surface area contributed by atoms with Crippen molar-refractivity contribution in [1.82, 2.24) is 9.97 Å². The Morgan fingerprint density at radius 1 is 1.17 bits per heavy atom. The van der Waals surface area contributed by atoms with Gasteiger partial charge in [-0.3, -0.25) is 14.7 Å². The highest BCUT2D eigenvalue weighted by molar-refractivity contribution is 8.00. The van der Waals surface area contributed by atoms with Gasteiger partial charge in [0.25, 0.3) is 0 Å². The van der Waals surface area contributed by atoms with Crippen LogP contribution in [0.3, 0.4) is 0 Å². The zero-order valence-electron chi connectivity index (χ0n) is 15.4. The molecule has 4 rings (SSSR count). The van der Waals surface area contributed by atoms with E-state index in [0.29, 0.717) is 14.9 Å². The lowest BCUT2D eigenvalue weighted by atomic mass is 10.2. The molecule has 4 aromatic rings. The van der Waals surface area contributed by atoms with Crippen molar-refractivity contribution in [3.8, 4) is 0 Å². The number of carbonyl (C=O) groups excluding carboxylic acids is 1. The average Bonchev–Trinajstić information content (AvgIpc) is 3.16. The first-order valence-electron chi connectivity index (χ1n) is 8.83. The third-order valence-electron chi connectivity index (χ3n) is 4.17. The van der Waals surface area contributed by atoms with Crippen molar-refractivity contribution < 1.29 is 13.6 Å². The summed E-state index contributed by atoms with van der Waals surface area (Å²) in [4.78, 5) is 23.8. The lowest BCUT2D eigenvalue weighted by Gasteiger charge is -2.19. The molecule has 0 radical (unpaired) electrons. The molecule has 9 heteroatoms. The molecule has 0 fully saturated rings. The van der Waals surface area contributed by atoms with Crippen molar-refractivity contribution in [1.29, 1.82) is 0 Å². The lowest BCUT2D eigenvalue weighted by molar-refractivity contribution is -0.116. The second-order valence-corrected chi connectivity index (χ2v) is 8.81. The molecule has 30 heavy (non-hydrogen) atoms. The molecule has 0 saturated heterocycles. The molecule has 0 aliphatic rings. The van der Waals surface area contributed by atoms with Crippen LogP contribution in [0.4, 0.5) is 13.9 Å². The van der Waals surface area contributed by atoms with Crippen LogP contribution < -0.4 is 4.90 Å². The molecule has 0 unspecified atom stereocenters. The average molecular weight is 462 g/mol. The van der Waals surface area contributed by atoms with Crippen LogP contribution in [0.25, 0.3) is 10.2 Å². The van der Waals surface area contributed by atoms with E-state index in [-0.39, 0.29) is 23.7 Å². The quantitative estimate of drug-likeness (QED) is 0.333. The summed E-state index contributed by atoms with van der Waals surface area (Å²) in [6.45, 7) is 0.220. The number of hydrogen-bond acceptors (Lipinski definition) is 5. The van der Waals surface area contributed by atoms with Gasteiger partial charge in [0.05, 0.1) is 17.0 Å². The number of rotatable bonds is 6. The van der Waals surface area contributed by atoms with E-state index in [1.807, 2.05) is 18.2 Å². The van der Waals surface area contributed by atoms with Gasteiger partial charge < -0.3 is 0 Å². The van der Waals surface area contributed by atoms with Gasteiger partial charge in [-0.2, -0.15) is 0 Å². The van der Waals surface area contributed by atoms with Crippen LogP contribution in [0.1, 0.15) is 5.56 Å². The van der Waals surface area contributed by atoms with E-state index in [4.69, 9.17) is 11.6 Å². The van der Waals surface area contributed by atoms with Crippen LogP contribution >= 0.6 is 34.7 Å². The molecule has 2 aromatic heterocycles. The highest BCUT2D eigenvalue weighted by Gasteiger charge is 2.22. The molecule has 0 N–H and O–H groups in total. The molecule has 2 aromatic carbocycles. The summed E-state index contributed by atoms with van der Waals surface area (Å²) < 4.78 is 28.1. The van der Waals surface area contributed by atoms with Crippen LogP contribution in [0.2, 0.25) is 5.02 Å². The lowest BCUT2D eigenvalue weighted by Crippen LogP contribution is -2.31. The standard InChI is InChI=1S/C21H14ClF2N3OS2/c22-14-3-5-16(6-4-14)29-12-19(28)27(11-13-2-1-7-25-10-13)21-26-20-17(24)8-15(23)9-18(20)30-21/h1-10H,11-12H2. The van der Waals surface area contributed by atoms with Crippen LogP contribution in [-0.2, 0) is 11.3 Å². The van der Waals surface area contributed by atoms with Gasteiger partial charge in [0, 0.05) is 28.4 Å². The van der Waals surface area contributed by atoms with E-state index in [2.05, 4.69) is 9.97 Å². The Kier molecular flexibility index (Phi) is 6.26. The Labute approximate surface area is 184 Å². The maximum Gasteiger partial charge on any atom is 0.239 e. The van der Waals surface area contributed by atoms with Crippen molar-refractivity contribution in [3.05, 3.63) is 83.1 Å². The fourth-order valence-electron chi connectivity index (χ4n) is 2.75. The summed E-state index contributed by atoms with van der Waals surface area (Å²) in [6.07, 6.45) is 3.29. The van der Waals surface area contributed by atoms with Crippen molar-refractivity contribution in [3.63, 3.8) is 0 Å². The minimum Gasteiger partial charge on any atom is -0.283 e. The summed E-state index contributed by atoms with van der Waals surface area (Å²) >= 11 is 8.34. The number of pyridine rings is 1. The number of anilines is 1. The number of hydrogen-bond donors (Lipinski definition) is 0. The minimum absolute atomic E-state index is 0.0470. The Hall–Kier alpha value is -2.55. The monoisotopic (exact) mass is 461 g/mol. The number of nitrogens with zero attached hydrogens (tertiary/aromatic N) is 3. The zero-order chi connectivity index (χ0) is 21.1. The number of aromatic nitrogens is 2. The fourth-order valence-corrected chi connectivity index (χ4v) is 4.67. The third-order valence-corrected chi connectivity index (χ3v) is 6.45. The van der Waals surface area contributed by atoms with Crippen molar-refractivity contribution in [2.45, 2.75) is 11.4 Å². The molecule has 0 aliphatic heterocycles. The third kappa shape index (κ3) is 4.77. The summed E-state index contributed by atoms with van der Waals surface area (Å²) in [5.41, 5.74) is 0.846. The maximum atomic E-state index is 14.1. The van der Waals surface area contributed by atoms with E-state index < -0.39 is 11.6 Å². The Morgan fingerprint density at radius 3 is 2.70 bits per heavy atom. The van der Waals surface area contributed by atoms with E-state index in [0.717, 1.165) is 27.9 Å². The van der Waals surface area contributed by atoms with Crippen molar-refractivity contribution in [2.24, 2.45) is 0 Å². The predicted octanol–water partition coefficient (Wildman–Crippen LogP) is 5.95. The van der Waals surface area contributed by atoms with Gasteiger partial charge in [0.2, 0.25) is 5.91 Å². The van der Waals surface area contributed by atoms with Gasteiger partial charge >= 0.3 is 0 Å². The number of halogens is 3. The molecule has 4 nitrogen and oxygen atoms in total. The van der Waals surface area contributed by atoms with E-state index in [1.54, 1.807) is 30.6 Å². The molecule has 0 spiro atoms. The topological polar surface area (TPSA) is 46.1 Å². The van der Waals surface area contributed by atoms with Crippen LogP contribution in [0.5, 0.6) is 0 Å².